The predicted octanol–water partition coefficient (Wildman–Crippen LogP) is 1.39. The molecule has 0 aliphatic heterocycles. The van der Waals surface area contributed by atoms with Gasteiger partial charge in [-0.25, -0.2) is 4.68 Å². The van der Waals surface area contributed by atoms with E-state index < -0.39 is 0 Å². The van der Waals surface area contributed by atoms with E-state index in [1.54, 1.807) is 23.3 Å². The molecule has 0 bridgehead atoms. The van der Waals surface area contributed by atoms with Gasteiger partial charge in [-0.3, -0.25) is 9.78 Å². The van der Waals surface area contributed by atoms with Crippen LogP contribution in [0.4, 0.5) is 0 Å². The molecule has 0 radical (unpaired) electrons. The van der Waals surface area contributed by atoms with Crippen molar-refractivity contribution in [3.8, 4) is 5.69 Å². The number of aryl methyl sites for hydroxylation is 1. The number of aromatic nitrogens is 3. The maximum Gasteiger partial charge on any atom is 0.170 e. The number of rotatable bonds is 2. The normalized spacial score (nSPS) is 10.1. The van der Waals surface area contributed by atoms with Crippen molar-refractivity contribution in [1.82, 2.24) is 14.8 Å². The van der Waals surface area contributed by atoms with E-state index in [9.17, 15) is 4.79 Å². The second-order valence-corrected chi connectivity index (χ2v) is 2.97. The quantitative estimate of drug-likeness (QED) is 0.667. The van der Waals surface area contributed by atoms with Gasteiger partial charge in [-0.1, -0.05) is 0 Å². The fourth-order valence-corrected chi connectivity index (χ4v) is 1.21. The fraction of sp³-hybridized carbons (Fsp3) is 0.100. The van der Waals surface area contributed by atoms with Gasteiger partial charge in [0, 0.05) is 12.4 Å². The molecule has 14 heavy (non-hydrogen) atoms. The van der Waals surface area contributed by atoms with Crippen LogP contribution in [0.2, 0.25) is 0 Å². The maximum absolute atomic E-state index is 10.6. The molecule has 0 saturated carbocycles. The molecule has 2 heterocycles. The van der Waals surface area contributed by atoms with Crippen LogP contribution in [0.1, 0.15) is 16.1 Å². The van der Waals surface area contributed by atoms with Crippen LogP contribution in [-0.4, -0.2) is 21.1 Å². The molecule has 2 aromatic heterocycles. The zero-order valence-electron chi connectivity index (χ0n) is 7.71. The second kappa shape index (κ2) is 3.41. The molecule has 0 spiro atoms. The molecule has 0 amide bonds. The van der Waals surface area contributed by atoms with Crippen molar-refractivity contribution in [2.24, 2.45) is 0 Å². The van der Waals surface area contributed by atoms with Gasteiger partial charge in [0.05, 0.1) is 11.9 Å². The molecular formula is C10H9N3O. The van der Waals surface area contributed by atoms with Gasteiger partial charge in [-0.2, -0.15) is 5.10 Å². The first-order chi connectivity index (χ1) is 6.81. The minimum atomic E-state index is 0.467. The average Bonchev–Trinajstić information content (AvgIpc) is 2.61. The Morgan fingerprint density at radius 3 is 2.93 bits per heavy atom. The van der Waals surface area contributed by atoms with Gasteiger partial charge in [0.15, 0.2) is 6.29 Å². The van der Waals surface area contributed by atoms with Gasteiger partial charge in [0.1, 0.15) is 5.69 Å². The molecular weight excluding hydrogens is 178 g/mol. The lowest BCUT2D eigenvalue weighted by Gasteiger charge is -1.97. The van der Waals surface area contributed by atoms with E-state index in [-0.39, 0.29) is 0 Å². The lowest BCUT2D eigenvalue weighted by Crippen LogP contribution is -1.95. The zero-order valence-corrected chi connectivity index (χ0v) is 7.71. The monoisotopic (exact) mass is 187 g/mol. The number of hydrogen-bond donors (Lipinski definition) is 0. The smallest absolute Gasteiger partial charge is 0.170 e. The SMILES string of the molecule is Cc1cn(-c2cccnc2)nc1C=O. The zero-order chi connectivity index (χ0) is 9.97. The summed E-state index contributed by atoms with van der Waals surface area (Å²) in [5.41, 5.74) is 2.18. The average molecular weight is 187 g/mol. The van der Waals surface area contributed by atoms with E-state index >= 15 is 0 Å². The minimum absolute atomic E-state index is 0.467. The highest BCUT2D eigenvalue weighted by Gasteiger charge is 2.04. The van der Waals surface area contributed by atoms with Crippen molar-refractivity contribution < 1.29 is 4.79 Å². The first-order valence-corrected chi connectivity index (χ1v) is 4.23. The summed E-state index contributed by atoms with van der Waals surface area (Å²) in [7, 11) is 0. The highest BCUT2D eigenvalue weighted by molar-refractivity contribution is 5.73. The molecule has 0 aliphatic carbocycles. The van der Waals surface area contributed by atoms with Crippen molar-refractivity contribution in [2.45, 2.75) is 6.92 Å². The first kappa shape index (κ1) is 8.62. The number of hydrogen-bond acceptors (Lipinski definition) is 3. The van der Waals surface area contributed by atoms with E-state index in [2.05, 4.69) is 10.1 Å². The molecule has 4 heteroatoms. The summed E-state index contributed by atoms with van der Waals surface area (Å²) in [6.45, 7) is 1.85. The number of aldehydes is 1. The molecule has 0 N–H and O–H groups in total. The lowest BCUT2D eigenvalue weighted by molar-refractivity contribution is 0.111. The number of carbonyl (C=O) groups excluding carboxylic acids is 1. The predicted molar refractivity (Wildman–Crippen MR) is 51.5 cm³/mol. The Morgan fingerprint density at radius 1 is 1.50 bits per heavy atom. The minimum Gasteiger partial charge on any atom is -0.296 e. The van der Waals surface area contributed by atoms with Crippen LogP contribution in [0.25, 0.3) is 5.69 Å². The summed E-state index contributed by atoms with van der Waals surface area (Å²) < 4.78 is 1.64. The fourth-order valence-electron chi connectivity index (χ4n) is 1.21. The van der Waals surface area contributed by atoms with Gasteiger partial charge >= 0.3 is 0 Å². The van der Waals surface area contributed by atoms with Crippen LogP contribution in [0.3, 0.4) is 0 Å². The number of nitrogens with zero attached hydrogens (tertiary/aromatic N) is 3. The van der Waals surface area contributed by atoms with Crippen LogP contribution in [0.5, 0.6) is 0 Å². The molecule has 2 aromatic rings. The molecule has 0 aliphatic rings. The molecule has 0 saturated heterocycles. The topological polar surface area (TPSA) is 47.8 Å². The number of carbonyl (C=O) groups is 1. The highest BCUT2D eigenvalue weighted by atomic mass is 16.1. The van der Waals surface area contributed by atoms with Gasteiger partial charge in [0.25, 0.3) is 0 Å². The Labute approximate surface area is 81.2 Å². The Kier molecular flexibility index (Phi) is 2.10. The summed E-state index contributed by atoms with van der Waals surface area (Å²) in [4.78, 5) is 14.6. The summed E-state index contributed by atoms with van der Waals surface area (Å²) in [5.74, 6) is 0. The summed E-state index contributed by atoms with van der Waals surface area (Å²) in [5, 5.41) is 4.11. The van der Waals surface area contributed by atoms with Crippen molar-refractivity contribution in [1.29, 1.82) is 0 Å². The van der Waals surface area contributed by atoms with Crippen LogP contribution in [0.15, 0.2) is 30.7 Å². The molecule has 0 unspecified atom stereocenters. The molecule has 70 valence electrons. The Morgan fingerprint density at radius 2 is 2.36 bits per heavy atom. The van der Waals surface area contributed by atoms with Crippen molar-refractivity contribution >= 4 is 6.29 Å². The van der Waals surface area contributed by atoms with E-state index in [4.69, 9.17) is 0 Å². The summed E-state index contributed by atoms with van der Waals surface area (Å²) in [6.07, 6.45) is 5.95. The van der Waals surface area contributed by atoms with Gasteiger partial charge < -0.3 is 0 Å². The molecule has 0 fully saturated rings. The van der Waals surface area contributed by atoms with E-state index in [1.165, 1.54) is 0 Å². The Balaban J connectivity index is 2.48. The maximum atomic E-state index is 10.6. The largest absolute Gasteiger partial charge is 0.296 e. The van der Waals surface area contributed by atoms with Gasteiger partial charge in [-0.05, 0) is 24.6 Å². The molecule has 4 nitrogen and oxygen atoms in total. The summed E-state index contributed by atoms with van der Waals surface area (Å²) >= 11 is 0. The van der Waals surface area contributed by atoms with E-state index in [1.807, 2.05) is 19.1 Å². The van der Waals surface area contributed by atoms with E-state index in [0.717, 1.165) is 17.5 Å². The van der Waals surface area contributed by atoms with E-state index in [0.29, 0.717) is 5.69 Å². The van der Waals surface area contributed by atoms with Crippen LogP contribution in [0, 0.1) is 6.92 Å². The van der Waals surface area contributed by atoms with Crippen molar-refractivity contribution in [3.63, 3.8) is 0 Å². The highest BCUT2D eigenvalue weighted by Crippen LogP contribution is 2.08. The van der Waals surface area contributed by atoms with Gasteiger partial charge in [0.2, 0.25) is 0 Å². The second-order valence-electron chi connectivity index (χ2n) is 2.97. The number of pyridine rings is 1. The first-order valence-electron chi connectivity index (χ1n) is 4.23. The van der Waals surface area contributed by atoms with Crippen LogP contribution in [-0.2, 0) is 0 Å². The van der Waals surface area contributed by atoms with Gasteiger partial charge in [-0.15, -0.1) is 0 Å². The Bertz CT molecular complexity index is 448. The third-order valence-corrected chi connectivity index (χ3v) is 1.96. The lowest BCUT2D eigenvalue weighted by atomic mass is 10.3. The molecule has 0 atom stereocenters. The summed E-state index contributed by atoms with van der Waals surface area (Å²) in [6, 6.07) is 3.71. The Hall–Kier alpha value is -1.97. The van der Waals surface area contributed by atoms with Crippen molar-refractivity contribution in [3.05, 3.63) is 42.0 Å². The molecule has 0 aromatic carbocycles. The third-order valence-electron chi connectivity index (χ3n) is 1.96. The van der Waals surface area contributed by atoms with Crippen LogP contribution < -0.4 is 0 Å². The molecule has 2 rings (SSSR count). The van der Waals surface area contributed by atoms with Crippen LogP contribution >= 0.6 is 0 Å². The third kappa shape index (κ3) is 1.42. The standard InChI is InChI=1S/C10H9N3O/c1-8-6-13(12-10(8)7-14)9-3-2-4-11-5-9/h2-7H,1H3. The van der Waals surface area contributed by atoms with Crippen molar-refractivity contribution in [2.75, 3.05) is 0 Å².